The average molecular weight is 293 g/mol. The Morgan fingerprint density at radius 2 is 1.67 bits per heavy atom. The van der Waals surface area contributed by atoms with E-state index in [1.54, 1.807) is 30.3 Å². The molecular formula is C12H21ClN2O2S. The van der Waals surface area contributed by atoms with Crippen LogP contribution in [-0.2, 0) is 10.0 Å². The number of nitrogens with one attached hydrogen (secondary N) is 2. The van der Waals surface area contributed by atoms with E-state index in [4.69, 9.17) is 0 Å². The van der Waals surface area contributed by atoms with E-state index in [9.17, 15) is 8.42 Å². The molecule has 0 aliphatic rings. The summed E-state index contributed by atoms with van der Waals surface area (Å²) in [7, 11) is -3.34. The van der Waals surface area contributed by atoms with Crippen LogP contribution in [0.4, 0.5) is 0 Å². The monoisotopic (exact) mass is 292 g/mol. The van der Waals surface area contributed by atoms with Crippen molar-refractivity contribution < 1.29 is 25.7 Å². The minimum absolute atomic E-state index is 0. The van der Waals surface area contributed by atoms with Gasteiger partial charge in [-0.05, 0) is 26.0 Å². The summed E-state index contributed by atoms with van der Waals surface area (Å²) >= 11 is 0. The van der Waals surface area contributed by atoms with Crippen LogP contribution in [0.15, 0.2) is 35.2 Å². The van der Waals surface area contributed by atoms with Crippen LogP contribution in [0, 0.1) is 0 Å². The van der Waals surface area contributed by atoms with Gasteiger partial charge in [-0.3, -0.25) is 0 Å². The third-order valence-electron chi connectivity index (χ3n) is 2.82. The summed E-state index contributed by atoms with van der Waals surface area (Å²) in [4.78, 5) is 1.72. The van der Waals surface area contributed by atoms with E-state index in [0.717, 1.165) is 19.6 Å². The van der Waals surface area contributed by atoms with Gasteiger partial charge in [0.1, 0.15) is 0 Å². The Balaban J connectivity index is 0.00000289. The van der Waals surface area contributed by atoms with Gasteiger partial charge in [0.05, 0.1) is 31.1 Å². The van der Waals surface area contributed by atoms with E-state index >= 15 is 0 Å². The minimum atomic E-state index is -3.34. The lowest BCUT2D eigenvalue weighted by Crippen LogP contribution is -3.12. The first-order valence-corrected chi connectivity index (χ1v) is 7.46. The number of benzene rings is 1. The fourth-order valence-electron chi connectivity index (χ4n) is 1.65. The van der Waals surface area contributed by atoms with Gasteiger partial charge in [0.15, 0.2) is 0 Å². The SMILES string of the molecule is CC[NH+](CC)CCNS(=O)(=O)c1ccccc1.[Cl-]. The molecule has 1 aromatic carbocycles. The first-order valence-electron chi connectivity index (χ1n) is 5.98. The molecule has 0 fully saturated rings. The Morgan fingerprint density at radius 3 is 2.17 bits per heavy atom. The summed E-state index contributed by atoms with van der Waals surface area (Å²) in [6, 6.07) is 8.46. The average Bonchev–Trinajstić information content (AvgIpc) is 2.36. The number of hydrogen-bond acceptors (Lipinski definition) is 2. The van der Waals surface area contributed by atoms with E-state index < -0.39 is 10.0 Å². The molecule has 0 radical (unpaired) electrons. The van der Waals surface area contributed by atoms with Crippen LogP contribution in [0.3, 0.4) is 0 Å². The van der Waals surface area contributed by atoms with E-state index in [2.05, 4.69) is 18.6 Å². The molecule has 0 aliphatic carbocycles. The third kappa shape index (κ3) is 5.35. The Morgan fingerprint density at radius 1 is 1.11 bits per heavy atom. The lowest BCUT2D eigenvalue weighted by atomic mass is 10.4. The van der Waals surface area contributed by atoms with Crippen molar-refractivity contribution in [1.29, 1.82) is 0 Å². The van der Waals surface area contributed by atoms with Crippen molar-refractivity contribution in [3.63, 3.8) is 0 Å². The molecule has 0 aliphatic heterocycles. The maximum atomic E-state index is 11.9. The normalized spacial score (nSPS) is 11.3. The fourth-order valence-corrected chi connectivity index (χ4v) is 2.70. The third-order valence-corrected chi connectivity index (χ3v) is 4.30. The standard InChI is InChI=1S/C12H20N2O2S.ClH/c1-3-14(4-2)11-10-13-17(15,16)12-8-6-5-7-9-12;/h5-9,13H,3-4,10-11H2,1-2H3;1H. The number of rotatable bonds is 7. The Labute approximate surface area is 116 Å². The molecule has 4 nitrogen and oxygen atoms in total. The van der Waals surface area contributed by atoms with Gasteiger partial charge in [0, 0.05) is 0 Å². The minimum Gasteiger partial charge on any atom is -1.00 e. The molecule has 0 saturated carbocycles. The van der Waals surface area contributed by atoms with E-state index in [1.165, 1.54) is 4.90 Å². The van der Waals surface area contributed by atoms with Crippen molar-refractivity contribution in [2.75, 3.05) is 26.2 Å². The molecule has 0 bridgehead atoms. The van der Waals surface area contributed by atoms with Crippen molar-refractivity contribution >= 4 is 10.0 Å². The first kappa shape index (κ1) is 17.4. The van der Waals surface area contributed by atoms with Gasteiger partial charge in [-0.25, -0.2) is 13.1 Å². The summed E-state index contributed by atoms with van der Waals surface area (Å²) in [5.41, 5.74) is 0. The van der Waals surface area contributed by atoms with E-state index in [-0.39, 0.29) is 12.4 Å². The smallest absolute Gasteiger partial charge is 0.240 e. The predicted molar refractivity (Wildman–Crippen MR) is 68.5 cm³/mol. The highest BCUT2D eigenvalue weighted by Crippen LogP contribution is 2.05. The topological polar surface area (TPSA) is 50.6 Å². The molecule has 1 rings (SSSR count). The van der Waals surface area contributed by atoms with Gasteiger partial charge < -0.3 is 17.3 Å². The summed E-state index contributed by atoms with van der Waals surface area (Å²) in [5.74, 6) is 0. The van der Waals surface area contributed by atoms with Crippen LogP contribution in [0.5, 0.6) is 0 Å². The van der Waals surface area contributed by atoms with Gasteiger partial charge in [0.25, 0.3) is 0 Å². The maximum absolute atomic E-state index is 11.9. The quantitative estimate of drug-likeness (QED) is 0.559. The first-order chi connectivity index (χ1) is 8.10. The van der Waals surface area contributed by atoms with Crippen LogP contribution in [0.2, 0.25) is 0 Å². The Bertz CT molecular complexity index is 419. The molecule has 0 heterocycles. The van der Waals surface area contributed by atoms with Gasteiger partial charge in [-0.15, -0.1) is 0 Å². The summed E-state index contributed by atoms with van der Waals surface area (Å²) in [6.07, 6.45) is 0. The molecule has 0 aromatic heterocycles. The molecule has 104 valence electrons. The number of likely N-dealkylation sites (N-methyl/N-ethyl adjacent to an activating group) is 1. The van der Waals surface area contributed by atoms with Crippen molar-refractivity contribution in [2.45, 2.75) is 18.7 Å². The predicted octanol–water partition coefficient (Wildman–Crippen LogP) is -3.11. The summed E-state index contributed by atoms with van der Waals surface area (Å²) < 4.78 is 26.4. The second-order valence-electron chi connectivity index (χ2n) is 3.92. The van der Waals surface area contributed by atoms with Crippen LogP contribution in [0.1, 0.15) is 13.8 Å². The van der Waals surface area contributed by atoms with Crippen LogP contribution in [0.25, 0.3) is 0 Å². The highest BCUT2D eigenvalue weighted by molar-refractivity contribution is 7.89. The Hall–Kier alpha value is -0.620. The number of halogens is 1. The fraction of sp³-hybridized carbons (Fsp3) is 0.500. The van der Waals surface area contributed by atoms with Gasteiger partial charge >= 0.3 is 0 Å². The zero-order chi connectivity index (χ0) is 12.7. The van der Waals surface area contributed by atoms with Crippen molar-refractivity contribution in [2.24, 2.45) is 0 Å². The summed E-state index contributed by atoms with van der Waals surface area (Å²) in [6.45, 7) is 7.54. The summed E-state index contributed by atoms with van der Waals surface area (Å²) in [5, 5.41) is 0. The lowest BCUT2D eigenvalue weighted by molar-refractivity contribution is -0.895. The molecule has 6 heteroatoms. The molecule has 0 amide bonds. The van der Waals surface area contributed by atoms with Crippen LogP contribution < -0.4 is 22.0 Å². The molecule has 0 saturated heterocycles. The zero-order valence-electron chi connectivity index (χ0n) is 10.8. The number of hydrogen-bond donors (Lipinski definition) is 2. The highest BCUT2D eigenvalue weighted by atomic mass is 35.5. The second kappa shape index (κ2) is 8.48. The number of quaternary nitrogens is 1. The molecule has 0 atom stereocenters. The number of sulfonamides is 1. The van der Waals surface area contributed by atoms with Gasteiger partial charge in [-0.1, -0.05) is 18.2 Å². The van der Waals surface area contributed by atoms with Crippen molar-refractivity contribution in [1.82, 2.24) is 4.72 Å². The molecule has 0 spiro atoms. The molecule has 0 unspecified atom stereocenters. The highest BCUT2D eigenvalue weighted by Gasteiger charge is 2.13. The maximum Gasteiger partial charge on any atom is 0.240 e. The van der Waals surface area contributed by atoms with Gasteiger partial charge in [0.2, 0.25) is 10.0 Å². The second-order valence-corrected chi connectivity index (χ2v) is 5.68. The molecule has 18 heavy (non-hydrogen) atoms. The van der Waals surface area contributed by atoms with Crippen LogP contribution in [-0.4, -0.2) is 34.6 Å². The largest absolute Gasteiger partial charge is 1.00 e. The van der Waals surface area contributed by atoms with Crippen LogP contribution >= 0.6 is 0 Å². The Kier molecular flexibility index (Phi) is 8.18. The van der Waals surface area contributed by atoms with E-state index in [0.29, 0.717) is 11.4 Å². The molecule has 1 aromatic rings. The van der Waals surface area contributed by atoms with Crippen molar-refractivity contribution in [3.8, 4) is 0 Å². The molecule has 2 N–H and O–H groups in total. The van der Waals surface area contributed by atoms with E-state index in [1.807, 2.05) is 0 Å². The molecular weight excluding hydrogens is 272 g/mol. The van der Waals surface area contributed by atoms with Gasteiger partial charge in [-0.2, -0.15) is 0 Å². The lowest BCUT2D eigenvalue weighted by Gasteiger charge is -2.15. The van der Waals surface area contributed by atoms with Crippen molar-refractivity contribution in [3.05, 3.63) is 30.3 Å². The zero-order valence-corrected chi connectivity index (χ0v) is 12.4.